The molecule has 7 nitrogen and oxygen atoms in total. The Morgan fingerprint density at radius 3 is 2.76 bits per heavy atom. The minimum absolute atomic E-state index is 0.0636. The summed E-state index contributed by atoms with van der Waals surface area (Å²) < 4.78 is 5.14. The second kappa shape index (κ2) is 6.68. The highest BCUT2D eigenvalue weighted by molar-refractivity contribution is 5.79. The van der Waals surface area contributed by atoms with Gasteiger partial charge in [0, 0.05) is 25.6 Å². The van der Waals surface area contributed by atoms with E-state index in [1.54, 1.807) is 11.8 Å². The molecular weight excluding hydrogens is 320 g/mol. The Labute approximate surface area is 148 Å². The lowest BCUT2D eigenvalue weighted by Gasteiger charge is -2.31. The highest BCUT2D eigenvalue weighted by atomic mass is 16.5. The van der Waals surface area contributed by atoms with Gasteiger partial charge in [-0.3, -0.25) is 9.69 Å². The molecule has 7 heteroatoms. The zero-order valence-corrected chi connectivity index (χ0v) is 15.0. The minimum Gasteiger partial charge on any atom is -0.378 e. The highest BCUT2D eigenvalue weighted by Crippen LogP contribution is 2.34. The van der Waals surface area contributed by atoms with Gasteiger partial charge >= 0.3 is 0 Å². The largest absolute Gasteiger partial charge is 0.378 e. The van der Waals surface area contributed by atoms with Gasteiger partial charge in [-0.15, -0.1) is 0 Å². The van der Waals surface area contributed by atoms with Crippen LogP contribution < -0.4 is 0 Å². The van der Waals surface area contributed by atoms with E-state index < -0.39 is 5.60 Å². The molecule has 0 unspecified atom stereocenters. The zero-order chi connectivity index (χ0) is 17.4. The fourth-order valence-electron chi connectivity index (χ4n) is 4.67. The number of nitrogens with zero attached hydrogens (tertiary/aromatic N) is 4. The van der Waals surface area contributed by atoms with Crippen molar-refractivity contribution in [2.45, 2.75) is 63.5 Å². The number of aromatic nitrogens is 2. The van der Waals surface area contributed by atoms with Gasteiger partial charge in [-0.1, -0.05) is 24.4 Å². The summed E-state index contributed by atoms with van der Waals surface area (Å²) in [7, 11) is 0. The van der Waals surface area contributed by atoms with Crippen LogP contribution in [0.3, 0.4) is 0 Å². The molecule has 0 aromatic carbocycles. The van der Waals surface area contributed by atoms with Crippen LogP contribution >= 0.6 is 0 Å². The summed E-state index contributed by atoms with van der Waals surface area (Å²) >= 11 is 0. The normalized spacial score (nSPS) is 31.8. The third-order valence-corrected chi connectivity index (χ3v) is 6.15. The third-order valence-electron chi connectivity index (χ3n) is 6.15. The van der Waals surface area contributed by atoms with Crippen LogP contribution in [0.25, 0.3) is 0 Å². The van der Waals surface area contributed by atoms with Crippen LogP contribution in [0.5, 0.6) is 0 Å². The second-order valence-corrected chi connectivity index (χ2v) is 7.96. The topological polar surface area (TPSA) is 82.7 Å². The predicted molar refractivity (Wildman–Crippen MR) is 90.7 cm³/mol. The van der Waals surface area contributed by atoms with E-state index in [0.29, 0.717) is 24.8 Å². The lowest BCUT2D eigenvalue weighted by Crippen LogP contribution is -2.40. The Balaban J connectivity index is 1.36. The molecule has 3 aliphatic rings. The SMILES string of the molecule is Cc1noc([C@@]2(O)CCN(C(=O)[C@@H]3CCN(C4CCCCC4)C3)C2)n1. The number of hydrogen-bond donors (Lipinski definition) is 1. The number of likely N-dealkylation sites (tertiary alicyclic amines) is 2. The van der Waals surface area contributed by atoms with Crippen molar-refractivity contribution in [3.8, 4) is 0 Å². The summed E-state index contributed by atoms with van der Waals surface area (Å²) in [4.78, 5) is 21.4. The molecule has 0 radical (unpaired) electrons. The zero-order valence-electron chi connectivity index (χ0n) is 15.0. The summed E-state index contributed by atoms with van der Waals surface area (Å²) in [5.74, 6) is 0.974. The monoisotopic (exact) mass is 348 g/mol. The molecule has 2 aliphatic heterocycles. The van der Waals surface area contributed by atoms with Crippen LogP contribution in [0, 0.1) is 12.8 Å². The summed E-state index contributed by atoms with van der Waals surface area (Å²) in [6.45, 7) is 4.44. The molecule has 0 bridgehead atoms. The van der Waals surface area contributed by atoms with E-state index in [4.69, 9.17) is 4.52 Å². The molecule has 0 spiro atoms. The maximum absolute atomic E-state index is 12.9. The van der Waals surface area contributed by atoms with Gasteiger partial charge in [0.1, 0.15) is 0 Å². The van der Waals surface area contributed by atoms with Gasteiger partial charge in [0.25, 0.3) is 5.89 Å². The summed E-state index contributed by atoms with van der Waals surface area (Å²) in [6, 6.07) is 0.670. The predicted octanol–water partition coefficient (Wildman–Crippen LogP) is 1.45. The summed E-state index contributed by atoms with van der Waals surface area (Å²) in [5.41, 5.74) is -1.20. The van der Waals surface area contributed by atoms with E-state index in [2.05, 4.69) is 15.0 Å². The summed E-state index contributed by atoms with van der Waals surface area (Å²) in [6.07, 6.45) is 7.95. The minimum atomic E-state index is -1.20. The van der Waals surface area contributed by atoms with Crippen LogP contribution in [-0.4, -0.2) is 63.2 Å². The molecule has 1 aromatic rings. The van der Waals surface area contributed by atoms with Crippen molar-refractivity contribution in [1.82, 2.24) is 19.9 Å². The van der Waals surface area contributed by atoms with Gasteiger partial charge in [-0.05, 0) is 32.7 Å². The first-order chi connectivity index (χ1) is 12.0. The Hall–Kier alpha value is -1.47. The lowest BCUT2D eigenvalue weighted by molar-refractivity contribution is -0.135. The highest BCUT2D eigenvalue weighted by Gasteiger charge is 2.46. The average Bonchev–Trinajstić information content (AvgIpc) is 3.35. The molecule has 1 N–H and O–H groups in total. The van der Waals surface area contributed by atoms with E-state index in [9.17, 15) is 9.90 Å². The van der Waals surface area contributed by atoms with Crippen molar-refractivity contribution < 1.29 is 14.4 Å². The number of hydrogen-bond acceptors (Lipinski definition) is 6. The third kappa shape index (κ3) is 3.31. The molecule has 3 heterocycles. The number of rotatable bonds is 3. The van der Waals surface area contributed by atoms with Gasteiger partial charge in [0.05, 0.1) is 12.5 Å². The van der Waals surface area contributed by atoms with E-state index in [0.717, 1.165) is 19.5 Å². The Bertz CT molecular complexity index is 628. The van der Waals surface area contributed by atoms with E-state index >= 15 is 0 Å². The number of aliphatic hydroxyl groups is 1. The number of β-amino-alcohol motifs (C(OH)–C–C–N with tert-alkyl or cyclic N) is 1. The van der Waals surface area contributed by atoms with Gasteiger partial charge in [-0.25, -0.2) is 0 Å². The van der Waals surface area contributed by atoms with E-state index in [1.165, 1.54) is 32.1 Å². The average molecular weight is 348 g/mol. The fourth-order valence-corrected chi connectivity index (χ4v) is 4.67. The van der Waals surface area contributed by atoms with Crippen molar-refractivity contribution in [3.63, 3.8) is 0 Å². The number of aryl methyl sites for hydroxylation is 1. The van der Waals surface area contributed by atoms with Crippen molar-refractivity contribution in [2.24, 2.45) is 5.92 Å². The molecular formula is C18H28N4O3. The first-order valence-electron chi connectivity index (χ1n) is 9.61. The Morgan fingerprint density at radius 1 is 1.24 bits per heavy atom. The number of carbonyl (C=O) groups excluding carboxylic acids is 1. The Morgan fingerprint density at radius 2 is 2.04 bits per heavy atom. The molecule has 2 saturated heterocycles. The number of carbonyl (C=O) groups is 1. The molecule has 3 fully saturated rings. The number of amides is 1. The molecule has 1 aromatic heterocycles. The smallest absolute Gasteiger partial charge is 0.260 e. The van der Waals surface area contributed by atoms with Gasteiger partial charge in [0.15, 0.2) is 11.4 Å². The summed E-state index contributed by atoms with van der Waals surface area (Å²) in [5, 5.41) is 14.6. The van der Waals surface area contributed by atoms with E-state index in [1.807, 2.05) is 0 Å². The first kappa shape index (κ1) is 17.0. The van der Waals surface area contributed by atoms with Gasteiger partial charge in [-0.2, -0.15) is 4.98 Å². The molecule has 138 valence electrons. The van der Waals surface area contributed by atoms with Crippen LogP contribution in [0.2, 0.25) is 0 Å². The van der Waals surface area contributed by atoms with Crippen LogP contribution in [-0.2, 0) is 10.4 Å². The Kier molecular flexibility index (Phi) is 4.54. The fraction of sp³-hybridized carbons (Fsp3) is 0.833. The van der Waals surface area contributed by atoms with Crippen molar-refractivity contribution in [2.75, 3.05) is 26.2 Å². The molecule has 25 heavy (non-hydrogen) atoms. The van der Waals surface area contributed by atoms with Gasteiger partial charge in [0.2, 0.25) is 5.91 Å². The van der Waals surface area contributed by atoms with Crippen molar-refractivity contribution in [1.29, 1.82) is 0 Å². The van der Waals surface area contributed by atoms with Crippen LogP contribution in [0.4, 0.5) is 0 Å². The quantitative estimate of drug-likeness (QED) is 0.890. The van der Waals surface area contributed by atoms with Crippen molar-refractivity contribution >= 4 is 5.91 Å². The molecule has 1 saturated carbocycles. The maximum Gasteiger partial charge on any atom is 0.260 e. The molecule has 2 atom stereocenters. The maximum atomic E-state index is 12.9. The first-order valence-corrected chi connectivity index (χ1v) is 9.61. The second-order valence-electron chi connectivity index (χ2n) is 7.96. The van der Waals surface area contributed by atoms with Crippen LogP contribution in [0.15, 0.2) is 4.52 Å². The lowest BCUT2D eigenvalue weighted by atomic mass is 9.94. The van der Waals surface area contributed by atoms with Gasteiger partial charge < -0.3 is 14.5 Å². The van der Waals surface area contributed by atoms with Crippen molar-refractivity contribution in [3.05, 3.63) is 11.7 Å². The molecule has 4 rings (SSSR count). The van der Waals surface area contributed by atoms with Crippen LogP contribution in [0.1, 0.15) is 56.7 Å². The molecule has 1 aliphatic carbocycles. The standard InChI is InChI=1S/C18H28N4O3/c1-13-19-17(25-20-13)18(24)8-10-22(12-18)16(23)14-7-9-21(11-14)15-5-3-2-4-6-15/h14-15,24H,2-12H2,1H3/t14-,18-/m1/s1. The van der Waals surface area contributed by atoms with E-state index in [-0.39, 0.29) is 24.3 Å². The molecule has 1 amide bonds.